The number of benzene rings is 1. The van der Waals surface area contributed by atoms with Gasteiger partial charge in [0.1, 0.15) is 5.75 Å². The van der Waals surface area contributed by atoms with Crippen LogP contribution in [-0.4, -0.2) is 14.9 Å². The lowest BCUT2D eigenvalue weighted by Gasteiger charge is -2.36. The van der Waals surface area contributed by atoms with E-state index in [1.54, 1.807) is 0 Å². The molecule has 0 atom stereocenters. The summed E-state index contributed by atoms with van der Waals surface area (Å²) in [5.74, 6) is 0.959. The van der Waals surface area contributed by atoms with Crippen LogP contribution in [0.25, 0.3) is 0 Å². The van der Waals surface area contributed by atoms with E-state index in [1.807, 2.05) is 19.1 Å². The molecule has 0 bridgehead atoms. The summed E-state index contributed by atoms with van der Waals surface area (Å²) >= 11 is 0. The molecule has 0 N–H and O–H groups in total. The van der Waals surface area contributed by atoms with Crippen molar-refractivity contribution in [2.24, 2.45) is 0 Å². The smallest absolute Gasteiger partial charge is 0.250 e. The molecule has 0 aliphatic rings. The van der Waals surface area contributed by atoms with E-state index in [0.29, 0.717) is 13.2 Å². The van der Waals surface area contributed by atoms with Crippen molar-refractivity contribution >= 4 is 8.32 Å². The van der Waals surface area contributed by atoms with Gasteiger partial charge in [-0.2, -0.15) is 0 Å². The normalized spacial score (nSPS) is 12.3. The summed E-state index contributed by atoms with van der Waals surface area (Å²) in [6, 6.07) is 8.22. The zero-order valence-electron chi connectivity index (χ0n) is 13.7. The summed E-state index contributed by atoms with van der Waals surface area (Å²) in [7, 11) is -1.75. The maximum atomic E-state index is 6.25. The van der Waals surface area contributed by atoms with Crippen LogP contribution in [0.5, 0.6) is 5.75 Å². The van der Waals surface area contributed by atoms with E-state index < -0.39 is 8.32 Å². The monoisotopic (exact) mass is 292 g/mol. The molecule has 0 aromatic heterocycles. The Hall–Kier alpha value is -1.06. The van der Waals surface area contributed by atoms with Crippen LogP contribution >= 0.6 is 0 Å². The molecule has 20 heavy (non-hydrogen) atoms. The van der Waals surface area contributed by atoms with E-state index in [1.165, 1.54) is 0 Å². The average Bonchev–Trinajstić information content (AvgIpc) is 2.29. The standard InChI is InChI=1S/C17H28O2Si/c1-14(2)12-18-13-15-8-10-16(11-9-15)19-20(6,7)17(3,4)5/h8-11H,1,12-13H2,2-7H3. The molecule has 0 spiro atoms. The SMILES string of the molecule is C=C(C)COCc1ccc(O[Si](C)(C)C(C)(C)C)cc1. The van der Waals surface area contributed by atoms with Gasteiger partial charge in [-0.05, 0) is 42.8 Å². The minimum atomic E-state index is -1.75. The predicted molar refractivity (Wildman–Crippen MR) is 88.7 cm³/mol. The van der Waals surface area contributed by atoms with Crippen LogP contribution in [0, 0.1) is 0 Å². The van der Waals surface area contributed by atoms with Crippen molar-refractivity contribution in [1.29, 1.82) is 0 Å². The molecular weight excluding hydrogens is 264 g/mol. The third kappa shape index (κ3) is 5.14. The molecule has 0 fully saturated rings. The number of rotatable bonds is 6. The van der Waals surface area contributed by atoms with Crippen LogP contribution in [0.3, 0.4) is 0 Å². The summed E-state index contributed by atoms with van der Waals surface area (Å²) in [6.07, 6.45) is 0. The Morgan fingerprint density at radius 2 is 1.70 bits per heavy atom. The zero-order valence-corrected chi connectivity index (χ0v) is 14.7. The van der Waals surface area contributed by atoms with Gasteiger partial charge in [0.15, 0.2) is 0 Å². The summed E-state index contributed by atoms with van der Waals surface area (Å²) in [4.78, 5) is 0. The number of ether oxygens (including phenoxy) is 1. The Kier molecular flexibility index (Phi) is 5.60. The second-order valence-corrected chi connectivity index (χ2v) is 11.7. The lowest BCUT2D eigenvalue weighted by Crippen LogP contribution is -2.43. The largest absolute Gasteiger partial charge is 0.544 e. The van der Waals surface area contributed by atoms with Gasteiger partial charge in [0.05, 0.1) is 13.2 Å². The fraction of sp³-hybridized carbons (Fsp3) is 0.529. The molecular formula is C17H28O2Si. The molecule has 1 aromatic rings. The summed E-state index contributed by atoms with van der Waals surface area (Å²) in [5.41, 5.74) is 2.21. The van der Waals surface area contributed by atoms with Crippen LogP contribution in [0.2, 0.25) is 18.1 Å². The van der Waals surface area contributed by atoms with Gasteiger partial charge in [-0.25, -0.2) is 0 Å². The zero-order chi connectivity index (χ0) is 15.4. The second kappa shape index (κ2) is 6.59. The van der Waals surface area contributed by atoms with E-state index in [0.717, 1.165) is 16.9 Å². The van der Waals surface area contributed by atoms with Crippen molar-refractivity contribution in [3.63, 3.8) is 0 Å². The Morgan fingerprint density at radius 3 is 2.15 bits per heavy atom. The first-order valence-electron chi connectivity index (χ1n) is 7.12. The third-order valence-electron chi connectivity index (χ3n) is 3.72. The molecule has 2 nitrogen and oxygen atoms in total. The van der Waals surface area contributed by atoms with Gasteiger partial charge < -0.3 is 9.16 Å². The summed E-state index contributed by atoms with van der Waals surface area (Å²) < 4.78 is 11.8. The summed E-state index contributed by atoms with van der Waals surface area (Å²) in [6.45, 7) is 18.3. The van der Waals surface area contributed by atoms with Crippen molar-refractivity contribution in [3.8, 4) is 5.75 Å². The molecule has 0 aliphatic carbocycles. The molecule has 1 rings (SSSR count). The molecule has 3 heteroatoms. The molecule has 0 heterocycles. The van der Waals surface area contributed by atoms with Crippen LogP contribution in [0.1, 0.15) is 33.3 Å². The first-order valence-corrected chi connectivity index (χ1v) is 10.0. The van der Waals surface area contributed by atoms with E-state index >= 15 is 0 Å². The van der Waals surface area contributed by atoms with Crippen molar-refractivity contribution in [2.75, 3.05) is 6.61 Å². The average molecular weight is 292 g/mol. The van der Waals surface area contributed by atoms with E-state index in [4.69, 9.17) is 9.16 Å². The highest BCUT2D eigenvalue weighted by molar-refractivity contribution is 6.74. The van der Waals surface area contributed by atoms with Crippen molar-refractivity contribution in [2.45, 2.75) is 52.4 Å². The van der Waals surface area contributed by atoms with Crippen molar-refractivity contribution in [3.05, 3.63) is 42.0 Å². The van der Waals surface area contributed by atoms with Gasteiger partial charge in [0.25, 0.3) is 0 Å². The lowest BCUT2D eigenvalue weighted by molar-refractivity contribution is 0.143. The van der Waals surface area contributed by atoms with Gasteiger partial charge in [0, 0.05) is 0 Å². The molecule has 0 aliphatic heterocycles. The lowest BCUT2D eigenvalue weighted by atomic mass is 10.2. The minimum absolute atomic E-state index is 0.219. The van der Waals surface area contributed by atoms with Gasteiger partial charge in [-0.3, -0.25) is 0 Å². The summed E-state index contributed by atoms with van der Waals surface area (Å²) in [5, 5.41) is 0.219. The Balaban J connectivity index is 2.61. The van der Waals surface area contributed by atoms with E-state index in [-0.39, 0.29) is 5.04 Å². The first-order chi connectivity index (χ1) is 9.12. The van der Waals surface area contributed by atoms with Crippen LogP contribution in [-0.2, 0) is 11.3 Å². The third-order valence-corrected chi connectivity index (χ3v) is 8.08. The molecule has 0 radical (unpaired) electrons. The Labute approximate surface area is 124 Å². The first kappa shape index (κ1) is 17.0. The van der Waals surface area contributed by atoms with Crippen LogP contribution in [0.4, 0.5) is 0 Å². The second-order valence-electron chi connectivity index (χ2n) is 6.96. The van der Waals surface area contributed by atoms with Crippen molar-refractivity contribution < 1.29 is 9.16 Å². The molecule has 112 valence electrons. The van der Waals surface area contributed by atoms with Gasteiger partial charge in [-0.1, -0.05) is 45.1 Å². The van der Waals surface area contributed by atoms with Gasteiger partial charge in [-0.15, -0.1) is 0 Å². The highest BCUT2D eigenvalue weighted by atomic mass is 28.4. The van der Waals surface area contributed by atoms with E-state index in [9.17, 15) is 0 Å². The van der Waals surface area contributed by atoms with E-state index in [2.05, 4.69) is 52.6 Å². The Morgan fingerprint density at radius 1 is 1.15 bits per heavy atom. The van der Waals surface area contributed by atoms with Gasteiger partial charge >= 0.3 is 0 Å². The van der Waals surface area contributed by atoms with Crippen molar-refractivity contribution in [1.82, 2.24) is 0 Å². The fourth-order valence-electron chi connectivity index (χ4n) is 1.44. The molecule has 0 unspecified atom stereocenters. The number of hydrogen-bond acceptors (Lipinski definition) is 2. The molecule has 0 saturated carbocycles. The van der Waals surface area contributed by atoms with Gasteiger partial charge in [0.2, 0.25) is 8.32 Å². The molecule has 1 aromatic carbocycles. The highest BCUT2D eigenvalue weighted by Gasteiger charge is 2.38. The molecule has 0 saturated heterocycles. The number of hydrogen-bond donors (Lipinski definition) is 0. The van der Waals surface area contributed by atoms with Crippen LogP contribution < -0.4 is 4.43 Å². The Bertz CT molecular complexity index is 441. The van der Waals surface area contributed by atoms with Crippen LogP contribution in [0.15, 0.2) is 36.4 Å². The quantitative estimate of drug-likeness (QED) is 0.532. The fourth-order valence-corrected chi connectivity index (χ4v) is 2.48. The highest BCUT2D eigenvalue weighted by Crippen LogP contribution is 2.37. The maximum absolute atomic E-state index is 6.25. The minimum Gasteiger partial charge on any atom is -0.544 e. The maximum Gasteiger partial charge on any atom is 0.250 e. The predicted octanol–water partition coefficient (Wildman–Crippen LogP) is 5.16. The molecule has 0 amide bonds. The topological polar surface area (TPSA) is 18.5 Å².